The number of nitrogens with zero attached hydrogens (tertiary/aromatic N) is 1. The normalized spacial score (nSPS) is 10.9. The fourth-order valence-electron chi connectivity index (χ4n) is 3.23. The van der Waals surface area contributed by atoms with Crippen LogP contribution in [0, 0.1) is 0 Å². The highest BCUT2D eigenvalue weighted by molar-refractivity contribution is 9.10. The lowest BCUT2D eigenvalue weighted by Crippen LogP contribution is -2.30. The topological polar surface area (TPSA) is 51.2 Å². The fourth-order valence-corrected chi connectivity index (χ4v) is 3.83. The van der Waals surface area contributed by atoms with Crippen LogP contribution in [0.15, 0.2) is 77.4 Å². The molecule has 0 radical (unpaired) electrons. The Kier molecular flexibility index (Phi) is 5.53. The second-order valence-electron chi connectivity index (χ2n) is 6.48. The quantitative estimate of drug-likeness (QED) is 0.469. The lowest BCUT2D eigenvalue weighted by atomic mass is 10.1. The van der Waals surface area contributed by atoms with Gasteiger partial charge in [0, 0.05) is 18.1 Å². The highest BCUT2D eigenvalue weighted by Crippen LogP contribution is 2.32. The summed E-state index contributed by atoms with van der Waals surface area (Å²) in [5, 5.41) is 6.20. The van der Waals surface area contributed by atoms with E-state index in [-0.39, 0.29) is 12.5 Å². The van der Waals surface area contributed by atoms with Crippen LogP contribution in [-0.2, 0) is 11.2 Å². The van der Waals surface area contributed by atoms with E-state index >= 15 is 0 Å². The molecule has 28 heavy (non-hydrogen) atoms. The van der Waals surface area contributed by atoms with Crippen LogP contribution < -0.4 is 10.1 Å². The Hall–Kier alpha value is -2.92. The summed E-state index contributed by atoms with van der Waals surface area (Å²) in [6.07, 6.45) is 2.51. The monoisotopic (exact) mass is 434 g/mol. The van der Waals surface area contributed by atoms with E-state index in [4.69, 9.17) is 4.74 Å². The van der Waals surface area contributed by atoms with Crippen molar-refractivity contribution in [3.63, 3.8) is 0 Å². The van der Waals surface area contributed by atoms with E-state index in [0.29, 0.717) is 12.3 Å². The van der Waals surface area contributed by atoms with Crippen LogP contribution in [0.3, 0.4) is 0 Å². The van der Waals surface area contributed by atoms with Gasteiger partial charge in [-0.1, -0.05) is 54.6 Å². The zero-order chi connectivity index (χ0) is 19.3. The fraction of sp³-hybridized carbons (Fsp3) is 0.130. The van der Waals surface area contributed by atoms with Crippen LogP contribution in [0.25, 0.3) is 21.7 Å². The van der Waals surface area contributed by atoms with Gasteiger partial charge in [0.15, 0.2) is 6.61 Å². The minimum Gasteiger partial charge on any atom is -0.483 e. The molecule has 0 aliphatic rings. The summed E-state index contributed by atoms with van der Waals surface area (Å²) in [5.74, 6) is 0.514. The first kappa shape index (κ1) is 18.4. The number of fused-ring (bicyclic) bond motifs is 2. The molecule has 0 aliphatic carbocycles. The number of hydrogen-bond donors (Lipinski definition) is 1. The van der Waals surface area contributed by atoms with E-state index in [1.54, 1.807) is 6.20 Å². The van der Waals surface area contributed by atoms with Gasteiger partial charge in [-0.3, -0.25) is 9.78 Å². The van der Waals surface area contributed by atoms with Gasteiger partial charge in [0.1, 0.15) is 5.75 Å². The number of rotatable bonds is 6. The maximum absolute atomic E-state index is 12.2. The van der Waals surface area contributed by atoms with Crippen LogP contribution >= 0.6 is 15.9 Å². The Labute approximate surface area is 171 Å². The largest absolute Gasteiger partial charge is 0.483 e. The Balaban J connectivity index is 1.33. The molecule has 5 heteroatoms. The number of pyridine rings is 1. The molecule has 0 aliphatic heterocycles. The van der Waals surface area contributed by atoms with E-state index in [9.17, 15) is 4.79 Å². The van der Waals surface area contributed by atoms with E-state index in [0.717, 1.165) is 38.1 Å². The van der Waals surface area contributed by atoms with Crippen LogP contribution in [0.4, 0.5) is 0 Å². The number of ether oxygens (including phenoxy) is 1. The Bertz CT molecular complexity index is 1140. The van der Waals surface area contributed by atoms with Gasteiger partial charge in [0.25, 0.3) is 5.91 Å². The van der Waals surface area contributed by atoms with Gasteiger partial charge in [0.05, 0.1) is 9.99 Å². The summed E-state index contributed by atoms with van der Waals surface area (Å²) >= 11 is 3.57. The molecular formula is C23H19BrN2O2. The lowest BCUT2D eigenvalue weighted by Gasteiger charge is -2.11. The summed E-state index contributed by atoms with van der Waals surface area (Å²) in [6.45, 7) is 0.515. The van der Waals surface area contributed by atoms with Gasteiger partial charge < -0.3 is 10.1 Å². The number of nitrogens with one attached hydrogen (secondary N) is 1. The third-order valence-corrected chi connectivity index (χ3v) is 5.44. The van der Waals surface area contributed by atoms with Crippen molar-refractivity contribution in [2.24, 2.45) is 0 Å². The molecule has 0 bridgehead atoms. The van der Waals surface area contributed by atoms with Gasteiger partial charge in [-0.25, -0.2) is 0 Å². The molecule has 0 fully saturated rings. The SMILES string of the molecule is O=C(COc1ccc2ccccc2c1Br)NCCc1cccc2cccnc12. The number of hydrogen-bond acceptors (Lipinski definition) is 3. The molecule has 1 amide bonds. The third kappa shape index (κ3) is 3.99. The minimum absolute atomic E-state index is 0.0231. The number of aromatic nitrogens is 1. The second kappa shape index (κ2) is 8.40. The molecule has 1 heterocycles. The second-order valence-corrected chi connectivity index (χ2v) is 7.27. The van der Waals surface area contributed by atoms with Crippen LogP contribution in [-0.4, -0.2) is 24.0 Å². The first-order valence-corrected chi connectivity index (χ1v) is 9.91. The Morgan fingerprint density at radius 1 is 0.964 bits per heavy atom. The predicted octanol–water partition coefficient (Wildman–Crippen LogP) is 4.89. The third-order valence-electron chi connectivity index (χ3n) is 4.62. The number of para-hydroxylation sites is 1. The Morgan fingerprint density at radius 3 is 2.71 bits per heavy atom. The number of halogens is 1. The summed E-state index contributed by atoms with van der Waals surface area (Å²) in [6, 6.07) is 22.0. The maximum Gasteiger partial charge on any atom is 0.257 e. The van der Waals surface area contributed by atoms with Crippen LogP contribution in [0.1, 0.15) is 5.56 Å². The predicted molar refractivity (Wildman–Crippen MR) is 116 cm³/mol. The minimum atomic E-state index is -0.145. The number of carbonyl (C=O) groups excluding carboxylic acids is 1. The average molecular weight is 435 g/mol. The van der Waals surface area contributed by atoms with Crippen molar-refractivity contribution in [2.75, 3.05) is 13.2 Å². The smallest absolute Gasteiger partial charge is 0.257 e. The first-order valence-electron chi connectivity index (χ1n) is 9.12. The van der Waals surface area contributed by atoms with Crippen LogP contribution in [0.2, 0.25) is 0 Å². The zero-order valence-electron chi connectivity index (χ0n) is 15.2. The molecule has 0 unspecified atom stereocenters. The van der Waals surface area contributed by atoms with Crippen molar-refractivity contribution in [1.29, 1.82) is 0 Å². The Morgan fingerprint density at radius 2 is 1.79 bits per heavy atom. The van der Waals surface area contributed by atoms with Gasteiger partial charge in [0.2, 0.25) is 0 Å². The lowest BCUT2D eigenvalue weighted by molar-refractivity contribution is -0.123. The molecule has 1 aromatic heterocycles. The molecule has 140 valence electrons. The maximum atomic E-state index is 12.2. The first-order chi connectivity index (χ1) is 13.7. The molecular weight excluding hydrogens is 416 g/mol. The zero-order valence-corrected chi connectivity index (χ0v) is 16.8. The highest BCUT2D eigenvalue weighted by Gasteiger charge is 2.09. The summed E-state index contributed by atoms with van der Waals surface area (Å²) < 4.78 is 6.57. The van der Waals surface area contributed by atoms with Crippen LogP contribution in [0.5, 0.6) is 5.75 Å². The van der Waals surface area contributed by atoms with Gasteiger partial charge in [-0.2, -0.15) is 0 Å². The van der Waals surface area contributed by atoms with E-state index in [2.05, 4.69) is 26.2 Å². The van der Waals surface area contributed by atoms with E-state index in [1.807, 2.05) is 66.7 Å². The molecule has 0 spiro atoms. The number of benzene rings is 3. The van der Waals surface area contributed by atoms with Crippen molar-refractivity contribution >= 4 is 43.5 Å². The van der Waals surface area contributed by atoms with Crippen molar-refractivity contribution in [3.8, 4) is 5.75 Å². The molecule has 0 saturated heterocycles. The summed E-state index contributed by atoms with van der Waals surface area (Å²) in [7, 11) is 0. The molecule has 4 rings (SSSR count). The average Bonchev–Trinajstić information content (AvgIpc) is 2.74. The molecule has 4 nitrogen and oxygen atoms in total. The van der Waals surface area contributed by atoms with Crippen molar-refractivity contribution in [2.45, 2.75) is 6.42 Å². The molecule has 3 aromatic carbocycles. The van der Waals surface area contributed by atoms with Crippen molar-refractivity contribution in [1.82, 2.24) is 10.3 Å². The summed E-state index contributed by atoms with van der Waals surface area (Å²) in [4.78, 5) is 16.6. The van der Waals surface area contributed by atoms with Crippen molar-refractivity contribution < 1.29 is 9.53 Å². The van der Waals surface area contributed by atoms with Gasteiger partial charge >= 0.3 is 0 Å². The molecule has 1 N–H and O–H groups in total. The molecule has 4 aromatic rings. The molecule has 0 saturated carbocycles. The van der Waals surface area contributed by atoms with Gasteiger partial charge in [-0.05, 0) is 50.8 Å². The number of amides is 1. The highest BCUT2D eigenvalue weighted by atomic mass is 79.9. The van der Waals surface area contributed by atoms with E-state index < -0.39 is 0 Å². The summed E-state index contributed by atoms with van der Waals surface area (Å²) in [5.41, 5.74) is 2.10. The van der Waals surface area contributed by atoms with Crippen molar-refractivity contribution in [3.05, 3.63) is 83.0 Å². The molecule has 0 atom stereocenters. The number of carbonyl (C=O) groups is 1. The standard InChI is InChI=1S/C23H19BrN2O2/c24-22-19-9-2-1-5-16(19)10-11-20(22)28-15-21(27)25-14-12-18-7-3-6-17-8-4-13-26-23(17)18/h1-11,13H,12,14-15H2,(H,25,27). The van der Waals surface area contributed by atoms with Gasteiger partial charge in [-0.15, -0.1) is 0 Å². The van der Waals surface area contributed by atoms with E-state index in [1.165, 1.54) is 0 Å².